The summed E-state index contributed by atoms with van der Waals surface area (Å²) in [6.45, 7) is 9.44. The van der Waals surface area contributed by atoms with Crippen molar-refractivity contribution in [1.29, 1.82) is 0 Å². The lowest BCUT2D eigenvalue weighted by atomic mass is 9.87. The van der Waals surface area contributed by atoms with E-state index >= 15 is 0 Å². The van der Waals surface area contributed by atoms with E-state index in [1.165, 1.54) is 16.7 Å². The average Bonchev–Trinajstić information content (AvgIpc) is 2.95. The number of carbonyl (C=O) groups excluding carboxylic acids is 1. The number of allylic oxidation sites excluding steroid dienone is 3. The minimum atomic E-state index is -0.231. The van der Waals surface area contributed by atoms with Crippen LogP contribution in [0.25, 0.3) is 11.1 Å². The number of hydrogen-bond donors (Lipinski definition) is 1. The predicted molar refractivity (Wildman–Crippen MR) is 147 cm³/mol. The molecule has 1 aromatic rings. The molecule has 1 aliphatic heterocycles. The molecular formula is C28H37ClN4O2. The molecule has 35 heavy (non-hydrogen) atoms. The molecule has 3 rings (SSSR count). The third-order valence-corrected chi connectivity index (χ3v) is 6.31. The van der Waals surface area contributed by atoms with E-state index in [4.69, 9.17) is 16.3 Å². The van der Waals surface area contributed by atoms with Gasteiger partial charge in [-0.3, -0.25) is 0 Å². The smallest absolute Gasteiger partial charge is 0.410 e. The fourth-order valence-electron chi connectivity index (χ4n) is 4.46. The first kappa shape index (κ1) is 26.8. The lowest BCUT2D eigenvalue weighted by Gasteiger charge is -2.30. The standard InChI is InChI=1S/C28H37ClN4O2/c1-19(2)35-28(34)33-13-10-21(11-14-33)24-15-20(3)16-26(25-17-22(29)7-8-23(24)25)27(30-4)9-12-31-18-32(5)6/h7-9,12,16-19,27,30H,3,10-11,13-15H2,1-2,4-6H3/b12-9+,31-18?. The number of nitrogens with one attached hydrogen (secondary N) is 1. The maximum absolute atomic E-state index is 12.4. The fraction of sp³-hybridized carbons (Fsp3) is 0.429. The molecule has 1 amide bonds. The van der Waals surface area contributed by atoms with Crippen LogP contribution in [0.5, 0.6) is 0 Å². The molecule has 1 heterocycles. The van der Waals surface area contributed by atoms with E-state index in [-0.39, 0.29) is 18.2 Å². The van der Waals surface area contributed by atoms with Crippen LogP contribution in [0.15, 0.2) is 59.3 Å². The Labute approximate surface area is 214 Å². The van der Waals surface area contributed by atoms with Crippen molar-refractivity contribution in [3.05, 3.63) is 70.4 Å². The van der Waals surface area contributed by atoms with Crippen molar-refractivity contribution >= 4 is 35.2 Å². The number of benzene rings is 1. The van der Waals surface area contributed by atoms with Gasteiger partial charge in [-0.05, 0) is 80.6 Å². The first-order chi connectivity index (χ1) is 16.7. The Balaban J connectivity index is 1.95. The summed E-state index contributed by atoms with van der Waals surface area (Å²) in [5, 5.41) is 4.09. The van der Waals surface area contributed by atoms with Crippen LogP contribution in [0.3, 0.4) is 0 Å². The Morgan fingerprint density at radius 3 is 2.60 bits per heavy atom. The van der Waals surface area contributed by atoms with E-state index in [2.05, 4.69) is 29.0 Å². The van der Waals surface area contributed by atoms with Gasteiger partial charge < -0.3 is 19.9 Å². The summed E-state index contributed by atoms with van der Waals surface area (Å²) in [4.78, 5) is 20.4. The fourth-order valence-corrected chi connectivity index (χ4v) is 4.63. The monoisotopic (exact) mass is 496 g/mol. The molecule has 1 N–H and O–H groups in total. The van der Waals surface area contributed by atoms with Crippen molar-refractivity contribution < 1.29 is 9.53 Å². The average molecular weight is 497 g/mol. The molecule has 0 saturated carbocycles. The predicted octanol–water partition coefficient (Wildman–Crippen LogP) is 5.77. The van der Waals surface area contributed by atoms with Crippen molar-refractivity contribution in [2.75, 3.05) is 34.2 Å². The molecule has 0 aromatic heterocycles. The van der Waals surface area contributed by atoms with Gasteiger partial charge in [0.1, 0.15) is 0 Å². The molecule has 2 aliphatic rings. The lowest BCUT2D eigenvalue weighted by Crippen LogP contribution is -2.38. The largest absolute Gasteiger partial charge is 0.447 e. The topological polar surface area (TPSA) is 57.2 Å². The van der Waals surface area contributed by atoms with Gasteiger partial charge in [0.15, 0.2) is 0 Å². The number of rotatable bonds is 6. The molecule has 0 spiro atoms. The van der Waals surface area contributed by atoms with Crippen LogP contribution in [0.2, 0.25) is 5.02 Å². The second-order valence-electron chi connectivity index (χ2n) is 9.46. The van der Waals surface area contributed by atoms with Crippen molar-refractivity contribution in [1.82, 2.24) is 15.1 Å². The van der Waals surface area contributed by atoms with E-state index < -0.39 is 0 Å². The highest BCUT2D eigenvalue weighted by Crippen LogP contribution is 2.41. The normalized spacial score (nSPS) is 17.6. The molecule has 1 fully saturated rings. The van der Waals surface area contributed by atoms with Crippen LogP contribution < -0.4 is 5.32 Å². The van der Waals surface area contributed by atoms with Crippen molar-refractivity contribution in [3.63, 3.8) is 0 Å². The quantitative estimate of drug-likeness (QED) is 0.401. The summed E-state index contributed by atoms with van der Waals surface area (Å²) in [7, 11) is 5.82. The van der Waals surface area contributed by atoms with Gasteiger partial charge in [0, 0.05) is 38.4 Å². The molecule has 1 aliphatic carbocycles. The Morgan fingerprint density at radius 1 is 1.26 bits per heavy atom. The van der Waals surface area contributed by atoms with Gasteiger partial charge >= 0.3 is 6.09 Å². The van der Waals surface area contributed by atoms with Crippen LogP contribution >= 0.6 is 11.6 Å². The first-order valence-electron chi connectivity index (χ1n) is 12.1. The maximum Gasteiger partial charge on any atom is 0.410 e. The number of amides is 1. The molecule has 6 nitrogen and oxygen atoms in total. The molecule has 188 valence electrons. The molecule has 0 bridgehead atoms. The van der Waals surface area contributed by atoms with E-state index in [0.29, 0.717) is 18.1 Å². The number of ether oxygens (including phenoxy) is 1. The number of carbonyl (C=O) groups is 1. The second-order valence-corrected chi connectivity index (χ2v) is 9.90. The Hall–Kier alpha value is -2.83. The number of likely N-dealkylation sites (tertiary alicyclic amines) is 1. The summed E-state index contributed by atoms with van der Waals surface area (Å²) < 4.78 is 5.39. The zero-order chi connectivity index (χ0) is 25.5. The molecule has 1 atom stereocenters. The highest BCUT2D eigenvalue weighted by molar-refractivity contribution is 6.30. The lowest BCUT2D eigenvalue weighted by molar-refractivity contribution is 0.0746. The van der Waals surface area contributed by atoms with Crippen LogP contribution in [-0.4, -0.2) is 68.6 Å². The van der Waals surface area contributed by atoms with Crippen LogP contribution in [-0.2, 0) is 4.74 Å². The van der Waals surface area contributed by atoms with Gasteiger partial charge in [0.25, 0.3) is 0 Å². The Bertz CT molecular complexity index is 1060. The van der Waals surface area contributed by atoms with Crippen molar-refractivity contribution in [2.24, 2.45) is 4.99 Å². The number of likely N-dealkylation sites (N-methyl/N-ethyl adjacent to an activating group) is 1. The van der Waals surface area contributed by atoms with Gasteiger partial charge in [-0.1, -0.05) is 41.5 Å². The summed E-state index contributed by atoms with van der Waals surface area (Å²) in [5.74, 6) is 0. The summed E-state index contributed by atoms with van der Waals surface area (Å²) in [5.41, 5.74) is 7.08. The number of nitrogens with zero attached hydrogens (tertiary/aromatic N) is 3. The molecule has 1 saturated heterocycles. The van der Waals surface area contributed by atoms with Crippen molar-refractivity contribution in [2.45, 2.75) is 45.3 Å². The van der Waals surface area contributed by atoms with Crippen LogP contribution in [0, 0.1) is 0 Å². The Morgan fingerprint density at radius 2 is 1.97 bits per heavy atom. The number of piperidine rings is 1. The Kier molecular flexibility index (Phi) is 9.35. The summed E-state index contributed by atoms with van der Waals surface area (Å²) >= 11 is 6.48. The van der Waals surface area contributed by atoms with Crippen LogP contribution in [0.4, 0.5) is 4.79 Å². The highest BCUT2D eigenvalue weighted by Gasteiger charge is 2.27. The molecular weight excluding hydrogens is 460 g/mol. The molecule has 0 radical (unpaired) electrons. The van der Waals surface area contributed by atoms with Gasteiger partial charge in [-0.25, -0.2) is 9.79 Å². The van der Waals surface area contributed by atoms with Gasteiger partial charge in [0.2, 0.25) is 0 Å². The minimum Gasteiger partial charge on any atom is -0.447 e. The van der Waals surface area contributed by atoms with E-state index in [0.717, 1.165) is 36.0 Å². The highest BCUT2D eigenvalue weighted by atomic mass is 35.5. The van der Waals surface area contributed by atoms with Gasteiger partial charge in [0.05, 0.1) is 18.5 Å². The number of aliphatic imine (C=N–C) groups is 1. The third kappa shape index (κ3) is 7.09. The van der Waals surface area contributed by atoms with Gasteiger partial charge in [-0.2, -0.15) is 0 Å². The van der Waals surface area contributed by atoms with E-state index in [1.807, 2.05) is 64.3 Å². The third-order valence-electron chi connectivity index (χ3n) is 6.08. The summed E-state index contributed by atoms with van der Waals surface area (Å²) in [6, 6.07) is 6.05. The minimum absolute atomic E-state index is 0.0553. The number of fused-ring (bicyclic) bond motifs is 1. The molecule has 1 unspecified atom stereocenters. The van der Waals surface area contributed by atoms with E-state index in [9.17, 15) is 4.79 Å². The molecule has 7 heteroatoms. The maximum atomic E-state index is 12.4. The zero-order valence-electron chi connectivity index (χ0n) is 21.5. The second kappa shape index (κ2) is 12.2. The SMILES string of the molecule is C=C1C=C(C(/C=C/N=CN(C)C)NC)c2cc(Cl)ccc2C(=C2CCN(C(=O)OC(C)C)CC2)C1. The van der Waals surface area contributed by atoms with E-state index in [1.54, 1.807) is 11.2 Å². The first-order valence-corrected chi connectivity index (χ1v) is 12.5. The molecule has 1 aromatic carbocycles. The number of hydrogen-bond acceptors (Lipinski definition) is 4. The zero-order valence-corrected chi connectivity index (χ0v) is 22.2. The van der Waals surface area contributed by atoms with Crippen LogP contribution in [0.1, 0.15) is 44.2 Å². The van der Waals surface area contributed by atoms with Gasteiger partial charge in [-0.15, -0.1) is 0 Å². The summed E-state index contributed by atoms with van der Waals surface area (Å²) in [6.07, 6.45) is 9.85. The van der Waals surface area contributed by atoms with Crippen molar-refractivity contribution in [3.8, 4) is 0 Å². The number of halogens is 1.